The van der Waals surface area contributed by atoms with Gasteiger partial charge in [-0.1, -0.05) is 13.0 Å². The van der Waals surface area contributed by atoms with E-state index in [0.717, 1.165) is 6.08 Å². The summed E-state index contributed by atoms with van der Waals surface area (Å²) >= 11 is 0. The summed E-state index contributed by atoms with van der Waals surface area (Å²) in [6, 6.07) is 0. The van der Waals surface area contributed by atoms with Crippen molar-refractivity contribution in [3.63, 3.8) is 0 Å². The number of aliphatic hydroxyl groups is 3. The third kappa shape index (κ3) is 4.36. The first-order valence-electron chi connectivity index (χ1n) is 4.26. The molecule has 0 spiro atoms. The molecule has 3 atom stereocenters. The Kier molecular flexibility index (Phi) is 6.11. The van der Waals surface area contributed by atoms with Crippen molar-refractivity contribution in [2.45, 2.75) is 19.1 Å². The molecule has 14 heavy (non-hydrogen) atoms. The van der Waals surface area contributed by atoms with Crippen LogP contribution in [-0.4, -0.2) is 47.2 Å². The lowest BCUT2D eigenvalue weighted by Crippen LogP contribution is -2.34. The molecule has 0 amide bonds. The second-order valence-electron chi connectivity index (χ2n) is 2.98. The number of hydrogen-bond acceptors (Lipinski definition) is 5. The van der Waals surface area contributed by atoms with E-state index < -0.39 is 30.7 Å². The Hall–Kier alpha value is -0.910. The number of hydrogen-bond donors (Lipinski definition) is 3. The maximum absolute atomic E-state index is 10.7. The molecule has 82 valence electrons. The summed E-state index contributed by atoms with van der Waals surface area (Å²) in [5.41, 5.74) is 0. The zero-order chi connectivity index (χ0) is 11.1. The van der Waals surface area contributed by atoms with Crippen molar-refractivity contribution in [2.75, 3.05) is 13.7 Å². The molecule has 0 aliphatic heterocycles. The number of methoxy groups -OCH3 is 1. The smallest absolute Gasteiger partial charge is 0.330 e. The molecule has 5 nitrogen and oxygen atoms in total. The SMILES string of the molecule is COC(=O)/C=C/[C@H](C)[C@@H](O)[C@@H](O)CO. The summed E-state index contributed by atoms with van der Waals surface area (Å²) in [4.78, 5) is 10.7. The van der Waals surface area contributed by atoms with Gasteiger partial charge in [0.2, 0.25) is 0 Å². The van der Waals surface area contributed by atoms with Crippen LogP contribution in [0.4, 0.5) is 0 Å². The van der Waals surface area contributed by atoms with Crippen molar-refractivity contribution >= 4 is 5.97 Å². The van der Waals surface area contributed by atoms with Crippen LogP contribution in [0.25, 0.3) is 0 Å². The predicted octanol–water partition coefficient (Wildman–Crippen LogP) is -0.934. The summed E-state index contributed by atoms with van der Waals surface area (Å²) < 4.78 is 4.35. The highest BCUT2D eigenvalue weighted by molar-refractivity contribution is 5.81. The first-order valence-corrected chi connectivity index (χ1v) is 4.26. The van der Waals surface area contributed by atoms with Gasteiger partial charge in [0.25, 0.3) is 0 Å². The van der Waals surface area contributed by atoms with Gasteiger partial charge < -0.3 is 20.1 Å². The molecule has 0 aliphatic carbocycles. The predicted molar refractivity (Wildman–Crippen MR) is 49.4 cm³/mol. The van der Waals surface area contributed by atoms with Crippen LogP contribution in [0.1, 0.15) is 6.92 Å². The Balaban J connectivity index is 4.12. The number of rotatable bonds is 5. The van der Waals surface area contributed by atoms with Crippen LogP contribution in [0.3, 0.4) is 0 Å². The second kappa shape index (κ2) is 6.53. The van der Waals surface area contributed by atoms with Crippen molar-refractivity contribution < 1.29 is 24.9 Å². The van der Waals surface area contributed by atoms with Gasteiger partial charge in [-0.3, -0.25) is 0 Å². The Morgan fingerprint density at radius 2 is 2.07 bits per heavy atom. The van der Waals surface area contributed by atoms with E-state index in [0.29, 0.717) is 0 Å². The van der Waals surface area contributed by atoms with Crippen molar-refractivity contribution in [1.29, 1.82) is 0 Å². The molecule has 0 unspecified atom stereocenters. The average molecular weight is 204 g/mol. The molecule has 0 rings (SSSR count). The fraction of sp³-hybridized carbons (Fsp3) is 0.667. The van der Waals surface area contributed by atoms with Crippen LogP contribution < -0.4 is 0 Å². The van der Waals surface area contributed by atoms with Crippen LogP contribution in [0.5, 0.6) is 0 Å². The lowest BCUT2D eigenvalue weighted by atomic mass is 10.00. The van der Waals surface area contributed by atoms with E-state index in [-0.39, 0.29) is 0 Å². The van der Waals surface area contributed by atoms with Gasteiger partial charge in [-0.25, -0.2) is 4.79 Å². The molecule has 0 fully saturated rings. The zero-order valence-electron chi connectivity index (χ0n) is 8.25. The molecule has 0 heterocycles. The van der Waals surface area contributed by atoms with Crippen LogP contribution >= 0.6 is 0 Å². The van der Waals surface area contributed by atoms with Crippen molar-refractivity contribution in [2.24, 2.45) is 5.92 Å². The third-order valence-electron chi connectivity index (χ3n) is 1.86. The molecule has 3 N–H and O–H groups in total. The normalized spacial score (nSPS) is 17.8. The van der Waals surface area contributed by atoms with E-state index in [1.165, 1.54) is 13.2 Å². The zero-order valence-corrected chi connectivity index (χ0v) is 8.25. The van der Waals surface area contributed by atoms with E-state index in [1.54, 1.807) is 6.92 Å². The van der Waals surface area contributed by atoms with Crippen molar-refractivity contribution in [3.05, 3.63) is 12.2 Å². The minimum atomic E-state index is -1.20. The lowest BCUT2D eigenvalue weighted by Gasteiger charge is -2.19. The topological polar surface area (TPSA) is 87.0 Å². The average Bonchev–Trinajstić information content (AvgIpc) is 2.22. The van der Waals surface area contributed by atoms with Gasteiger partial charge in [0.15, 0.2) is 0 Å². The standard InChI is InChI=1S/C9H16O5/c1-6(3-4-8(12)14-2)9(13)7(11)5-10/h3-4,6-7,9-11,13H,5H2,1-2H3/b4-3+/t6-,7-,9+/m0/s1. The first kappa shape index (κ1) is 13.1. The van der Waals surface area contributed by atoms with E-state index in [2.05, 4.69) is 4.74 Å². The van der Waals surface area contributed by atoms with Crippen LogP contribution in [0, 0.1) is 5.92 Å². The molecule has 0 radical (unpaired) electrons. The van der Waals surface area contributed by atoms with Gasteiger partial charge in [0.1, 0.15) is 6.10 Å². The molecule has 0 aromatic rings. The number of aliphatic hydroxyl groups excluding tert-OH is 3. The highest BCUT2D eigenvalue weighted by atomic mass is 16.5. The number of ether oxygens (including phenoxy) is 1. The molecule has 0 saturated heterocycles. The molecule has 5 heteroatoms. The monoisotopic (exact) mass is 204 g/mol. The van der Waals surface area contributed by atoms with Crippen molar-refractivity contribution in [1.82, 2.24) is 0 Å². The van der Waals surface area contributed by atoms with E-state index >= 15 is 0 Å². The fourth-order valence-electron chi connectivity index (χ4n) is 0.871. The van der Waals surface area contributed by atoms with Gasteiger partial charge in [0, 0.05) is 12.0 Å². The van der Waals surface area contributed by atoms with Crippen molar-refractivity contribution in [3.8, 4) is 0 Å². The fourth-order valence-corrected chi connectivity index (χ4v) is 0.871. The highest BCUT2D eigenvalue weighted by Crippen LogP contribution is 2.08. The number of esters is 1. The van der Waals surface area contributed by atoms with Crippen LogP contribution in [0.15, 0.2) is 12.2 Å². The van der Waals surface area contributed by atoms with E-state index in [4.69, 9.17) is 10.2 Å². The first-order chi connectivity index (χ1) is 6.52. The number of carbonyl (C=O) groups excluding carboxylic acids is 1. The summed E-state index contributed by atoms with van der Waals surface area (Å²) in [6.45, 7) is 1.10. The summed E-state index contributed by atoms with van der Waals surface area (Å²) in [6.07, 6.45) is 0.279. The molecule has 0 aromatic heterocycles. The number of carbonyl (C=O) groups is 1. The van der Waals surface area contributed by atoms with Gasteiger partial charge >= 0.3 is 5.97 Å². The lowest BCUT2D eigenvalue weighted by molar-refractivity contribution is -0.134. The van der Waals surface area contributed by atoms with E-state index in [1.807, 2.05) is 0 Å². The van der Waals surface area contributed by atoms with E-state index in [9.17, 15) is 9.90 Å². The van der Waals surface area contributed by atoms with Gasteiger partial charge in [0.05, 0.1) is 19.8 Å². The molecular formula is C9H16O5. The molecule has 0 aromatic carbocycles. The summed E-state index contributed by atoms with van der Waals surface area (Å²) in [7, 11) is 1.25. The molecular weight excluding hydrogens is 188 g/mol. The minimum absolute atomic E-state index is 0.434. The Bertz CT molecular complexity index is 201. The molecule has 0 aliphatic rings. The van der Waals surface area contributed by atoms with Crippen LogP contribution in [0.2, 0.25) is 0 Å². The van der Waals surface area contributed by atoms with Crippen LogP contribution in [-0.2, 0) is 9.53 Å². The Morgan fingerprint density at radius 3 is 2.50 bits per heavy atom. The maximum Gasteiger partial charge on any atom is 0.330 e. The highest BCUT2D eigenvalue weighted by Gasteiger charge is 2.20. The molecule has 0 saturated carbocycles. The van der Waals surface area contributed by atoms with Gasteiger partial charge in [-0.05, 0) is 0 Å². The summed E-state index contributed by atoms with van der Waals surface area (Å²) in [5, 5.41) is 27.0. The Labute approximate surface area is 82.6 Å². The largest absolute Gasteiger partial charge is 0.466 e. The maximum atomic E-state index is 10.7. The quantitative estimate of drug-likeness (QED) is 0.397. The third-order valence-corrected chi connectivity index (χ3v) is 1.86. The summed E-state index contributed by atoms with van der Waals surface area (Å²) in [5.74, 6) is -0.959. The molecule has 0 bridgehead atoms. The van der Waals surface area contributed by atoms with Gasteiger partial charge in [-0.15, -0.1) is 0 Å². The Morgan fingerprint density at radius 1 is 1.50 bits per heavy atom. The minimum Gasteiger partial charge on any atom is -0.466 e. The second-order valence-corrected chi connectivity index (χ2v) is 2.98. The van der Waals surface area contributed by atoms with Gasteiger partial charge in [-0.2, -0.15) is 0 Å².